The summed E-state index contributed by atoms with van der Waals surface area (Å²) in [7, 11) is 0. The normalized spacial score (nSPS) is 11.7. The van der Waals surface area contributed by atoms with Crippen LogP contribution in [0.25, 0.3) is 86.5 Å². The molecule has 12 aromatic rings. The van der Waals surface area contributed by atoms with Gasteiger partial charge in [0.15, 0.2) is 0 Å². The van der Waals surface area contributed by atoms with Gasteiger partial charge in [0.05, 0.1) is 16.7 Å². The van der Waals surface area contributed by atoms with Crippen molar-refractivity contribution >= 4 is 81.1 Å². The fourth-order valence-electron chi connectivity index (χ4n) is 9.14. The van der Waals surface area contributed by atoms with E-state index in [2.05, 4.69) is 239 Å². The van der Waals surface area contributed by atoms with Gasteiger partial charge in [-0.25, -0.2) is 0 Å². The van der Waals surface area contributed by atoms with E-state index in [4.69, 9.17) is 0 Å². The highest BCUT2D eigenvalue weighted by Crippen LogP contribution is 2.42. The van der Waals surface area contributed by atoms with Gasteiger partial charge in [0, 0.05) is 65.6 Å². The third-order valence-electron chi connectivity index (χ3n) is 11.9. The summed E-state index contributed by atoms with van der Waals surface area (Å²) in [6.45, 7) is 0. The first kappa shape index (κ1) is 34.4. The number of aromatic nitrogens is 2. The van der Waals surface area contributed by atoms with Crippen molar-refractivity contribution in [3.63, 3.8) is 0 Å². The largest absolute Gasteiger partial charge is 0.317 e. The molecule has 0 radical (unpaired) electrons. The molecule has 3 aromatic heterocycles. The first-order valence-corrected chi connectivity index (χ1v) is 21.2. The zero-order chi connectivity index (χ0) is 39.6. The lowest BCUT2D eigenvalue weighted by Gasteiger charge is -2.26. The first-order valence-electron chi connectivity index (χ1n) is 20.4. The molecule has 0 aliphatic rings. The van der Waals surface area contributed by atoms with Crippen LogP contribution >= 0.6 is 11.3 Å². The van der Waals surface area contributed by atoms with E-state index in [1.54, 1.807) is 0 Å². The van der Waals surface area contributed by atoms with Crippen molar-refractivity contribution in [3.8, 4) is 33.8 Å². The molecule has 0 saturated carbocycles. The summed E-state index contributed by atoms with van der Waals surface area (Å²) in [5, 5.41) is 7.55. The van der Waals surface area contributed by atoms with Crippen LogP contribution < -0.4 is 4.90 Å². The molecule has 282 valence electrons. The average molecular weight is 784 g/mol. The fourth-order valence-corrected chi connectivity index (χ4v) is 10.3. The highest BCUT2D eigenvalue weighted by Gasteiger charge is 2.18. The van der Waals surface area contributed by atoms with Gasteiger partial charge in [0.1, 0.15) is 0 Å². The number of para-hydroxylation sites is 2. The molecule has 3 nitrogen and oxygen atoms in total. The van der Waals surface area contributed by atoms with Crippen molar-refractivity contribution in [2.75, 3.05) is 4.90 Å². The second kappa shape index (κ2) is 14.0. The van der Waals surface area contributed by atoms with Gasteiger partial charge in [-0.15, -0.1) is 11.3 Å². The Hall–Kier alpha value is -7.66. The molecular formula is C56H37N3S. The van der Waals surface area contributed by atoms with Crippen molar-refractivity contribution in [2.45, 2.75) is 0 Å². The van der Waals surface area contributed by atoms with E-state index in [0.29, 0.717) is 0 Å². The molecule has 0 spiro atoms. The van der Waals surface area contributed by atoms with Gasteiger partial charge in [0.25, 0.3) is 0 Å². The Labute approximate surface area is 351 Å². The number of benzene rings is 9. The number of nitrogens with zero attached hydrogens (tertiary/aromatic N) is 3. The van der Waals surface area contributed by atoms with Gasteiger partial charge in [-0.05, 0) is 118 Å². The second-order valence-corrected chi connectivity index (χ2v) is 16.5. The molecule has 9 aromatic carbocycles. The SMILES string of the molecule is c1ccc(-c2cc3ccc(-c4cc5c(ccn5-c5ccc(N(c6ccccc6)c6ccc7c(c6)sc6ccccc67)cc5)c5ccccc45)cc3n2-c2ccccc2)cc1. The molecule has 0 amide bonds. The molecule has 4 heteroatoms. The zero-order valence-corrected chi connectivity index (χ0v) is 33.4. The summed E-state index contributed by atoms with van der Waals surface area (Å²) in [4.78, 5) is 2.36. The number of anilines is 3. The van der Waals surface area contributed by atoms with E-state index in [9.17, 15) is 0 Å². The highest BCUT2D eigenvalue weighted by atomic mass is 32.1. The third kappa shape index (κ3) is 5.65. The summed E-state index contributed by atoms with van der Waals surface area (Å²) in [6, 6.07) is 79.4. The number of hydrogen-bond donors (Lipinski definition) is 0. The predicted octanol–water partition coefficient (Wildman–Crippen LogP) is 15.9. The molecule has 0 N–H and O–H groups in total. The third-order valence-corrected chi connectivity index (χ3v) is 13.1. The minimum absolute atomic E-state index is 1.11. The molecule has 0 fully saturated rings. The molecule has 12 rings (SSSR count). The number of rotatable bonds is 7. The minimum Gasteiger partial charge on any atom is -0.317 e. The maximum absolute atomic E-state index is 2.40. The maximum atomic E-state index is 2.40. The Morgan fingerprint density at radius 2 is 1.02 bits per heavy atom. The number of thiophene rings is 1. The van der Waals surface area contributed by atoms with E-state index in [-0.39, 0.29) is 0 Å². The van der Waals surface area contributed by atoms with Crippen molar-refractivity contribution < 1.29 is 0 Å². The topological polar surface area (TPSA) is 13.1 Å². The van der Waals surface area contributed by atoms with Crippen LogP contribution in [-0.2, 0) is 0 Å². The Morgan fingerprint density at radius 1 is 0.367 bits per heavy atom. The molecule has 0 bridgehead atoms. The van der Waals surface area contributed by atoms with Gasteiger partial charge >= 0.3 is 0 Å². The summed E-state index contributed by atoms with van der Waals surface area (Å²) in [5.74, 6) is 0. The molecule has 0 unspecified atom stereocenters. The molecule has 0 aliphatic heterocycles. The van der Waals surface area contributed by atoms with Gasteiger partial charge in [0.2, 0.25) is 0 Å². The zero-order valence-electron chi connectivity index (χ0n) is 32.6. The smallest absolute Gasteiger partial charge is 0.0541 e. The van der Waals surface area contributed by atoms with E-state index in [1.165, 1.54) is 75.1 Å². The van der Waals surface area contributed by atoms with Crippen LogP contribution in [0.4, 0.5) is 17.1 Å². The van der Waals surface area contributed by atoms with Crippen LogP contribution in [0.15, 0.2) is 225 Å². The lowest BCUT2D eigenvalue weighted by Crippen LogP contribution is -2.09. The van der Waals surface area contributed by atoms with E-state index in [1.807, 2.05) is 11.3 Å². The Balaban J connectivity index is 0.982. The highest BCUT2D eigenvalue weighted by molar-refractivity contribution is 7.25. The Kier molecular flexibility index (Phi) is 8.03. The Bertz CT molecular complexity index is 3520. The van der Waals surface area contributed by atoms with Crippen LogP contribution in [0, 0.1) is 0 Å². The van der Waals surface area contributed by atoms with Crippen molar-refractivity contribution in [3.05, 3.63) is 225 Å². The maximum Gasteiger partial charge on any atom is 0.0541 e. The first-order chi connectivity index (χ1) is 29.7. The summed E-state index contributed by atoms with van der Waals surface area (Å²) in [5.41, 5.74) is 12.8. The summed E-state index contributed by atoms with van der Waals surface area (Å²) < 4.78 is 7.34. The number of hydrogen-bond acceptors (Lipinski definition) is 2. The van der Waals surface area contributed by atoms with E-state index < -0.39 is 0 Å². The molecule has 0 saturated heterocycles. The lowest BCUT2D eigenvalue weighted by molar-refractivity contribution is 1.13. The molecule has 60 heavy (non-hydrogen) atoms. The van der Waals surface area contributed by atoms with Crippen LogP contribution in [0.1, 0.15) is 0 Å². The summed E-state index contributed by atoms with van der Waals surface area (Å²) in [6.07, 6.45) is 2.22. The van der Waals surface area contributed by atoms with Crippen LogP contribution in [0.3, 0.4) is 0 Å². The molecule has 0 atom stereocenters. The van der Waals surface area contributed by atoms with Gasteiger partial charge in [-0.3, -0.25) is 0 Å². The van der Waals surface area contributed by atoms with E-state index >= 15 is 0 Å². The minimum atomic E-state index is 1.11. The van der Waals surface area contributed by atoms with Gasteiger partial charge in [-0.1, -0.05) is 127 Å². The quantitative estimate of drug-likeness (QED) is 0.157. The molecular weight excluding hydrogens is 747 g/mol. The van der Waals surface area contributed by atoms with Gasteiger partial charge < -0.3 is 14.0 Å². The number of fused-ring (bicyclic) bond motifs is 7. The second-order valence-electron chi connectivity index (χ2n) is 15.4. The fraction of sp³-hybridized carbons (Fsp3) is 0. The van der Waals surface area contributed by atoms with Gasteiger partial charge in [-0.2, -0.15) is 0 Å². The van der Waals surface area contributed by atoms with E-state index in [0.717, 1.165) is 28.4 Å². The van der Waals surface area contributed by atoms with Crippen LogP contribution in [0.5, 0.6) is 0 Å². The molecule has 0 aliphatic carbocycles. The van der Waals surface area contributed by atoms with Crippen LogP contribution in [0.2, 0.25) is 0 Å². The van der Waals surface area contributed by atoms with Crippen molar-refractivity contribution in [2.24, 2.45) is 0 Å². The van der Waals surface area contributed by atoms with Crippen LogP contribution in [-0.4, -0.2) is 9.13 Å². The average Bonchev–Trinajstić information content (AvgIpc) is 4.03. The standard InChI is InChI=1S/C56H37N3S/c1-4-14-38(15-5-1)52-35-40-25-24-39(34-53(40)59(52)43-18-8-3-9-19-43)51-37-54-48(46-20-10-11-21-47(46)51)32-33-57(54)41-26-28-44(29-27-41)58(42-16-6-2-7-17-42)45-30-31-50-49-22-12-13-23-55(49)60-56(50)36-45/h1-37H. The monoisotopic (exact) mass is 783 g/mol. The predicted molar refractivity (Wildman–Crippen MR) is 256 cm³/mol. The van der Waals surface area contributed by atoms with Crippen molar-refractivity contribution in [1.29, 1.82) is 0 Å². The lowest BCUT2D eigenvalue weighted by atomic mass is 9.95. The molecule has 3 heterocycles. The Morgan fingerprint density at radius 3 is 1.82 bits per heavy atom. The summed E-state index contributed by atoms with van der Waals surface area (Å²) >= 11 is 1.85. The van der Waals surface area contributed by atoms with Crippen molar-refractivity contribution in [1.82, 2.24) is 9.13 Å².